The molecular formula is C15H17NO3. The summed E-state index contributed by atoms with van der Waals surface area (Å²) in [6, 6.07) is 7.78. The first-order valence-corrected chi connectivity index (χ1v) is 6.14. The number of carbonyl (C=O) groups is 1. The number of carbonyl (C=O) groups excluding carboxylic acids is 1. The van der Waals surface area contributed by atoms with E-state index in [0.29, 0.717) is 18.7 Å². The molecule has 0 amide bonds. The van der Waals surface area contributed by atoms with Crippen molar-refractivity contribution in [3.63, 3.8) is 0 Å². The summed E-state index contributed by atoms with van der Waals surface area (Å²) in [7, 11) is 1.64. The van der Waals surface area contributed by atoms with E-state index in [9.17, 15) is 4.79 Å². The maximum atomic E-state index is 11.6. The Labute approximate surface area is 112 Å². The number of methoxy groups -OCH3 is 1. The molecule has 100 valence electrons. The van der Waals surface area contributed by atoms with E-state index in [0.717, 1.165) is 16.7 Å². The Bertz CT molecular complexity index is 613. The molecule has 4 nitrogen and oxygen atoms in total. The van der Waals surface area contributed by atoms with Crippen LogP contribution in [0.2, 0.25) is 0 Å². The SMILES string of the molecule is C=C(Cn1ccc2c(OC)cccc21)C(=O)OCC. The molecule has 0 radical (unpaired) electrons. The molecule has 4 heteroatoms. The van der Waals surface area contributed by atoms with Crippen LogP contribution in [-0.4, -0.2) is 24.3 Å². The second kappa shape index (κ2) is 5.61. The first-order valence-electron chi connectivity index (χ1n) is 6.14. The number of aromatic nitrogens is 1. The molecule has 0 aliphatic heterocycles. The van der Waals surface area contributed by atoms with Crippen LogP contribution in [0.1, 0.15) is 6.92 Å². The maximum absolute atomic E-state index is 11.6. The molecule has 2 rings (SSSR count). The molecule has 0 bridgehead atoms. The van der Waals surface area contributed by atoms with Crippen molar-refractivity contribution >= 4 is 16.9 Å². The molecular weight excluding hydrogens is 242 g/mol. The lowest BCUT2D eigenvalue weighted by Gasteiger charge is -2.08. The molecule has 0 saturated heterocycles. The van der Waals surface area contributed by atoms with Gasteiger partial charge in [0.15, 0.2) is 0 Å². The highest BCUT2D eigenvalue weighted by Gasteiger charge is 2.11. The quantitative estimate of drug-likeness (QED) is 0.612. The van der Waals surface area contributed by atoms with Gasteiger partial charge in [-0.1, -0.05) is 12.6 Å². The highest BCUT2D eigenvalue weighted by molar-refractivity contribution is 5.89. The minimum absolute atomic E-state index is 0.354. The highest BCUT2D eigenvalue weighted by atomic mass is 16.5. The van der Waals surface area contributed by atoms with Crippen LogP contribution in [0.3, 0.4) is 0 Å². The molecule has 0 saturated carbocycles. The molecule has 1 heterocycles. The maximum Gasteiger partial charge on any atom is 0.335 e. The zero-order valence-electron chi connectivity index (χ0n) is 11.2. The second-order valence-electron chi connectivity index (χ2n) is 4.16. The first-order chi connectivity index (χ1) is 9.17. The Morgan fingerprint density at radius 3 is 2.84 bits per heavy atom. The molecule has 0 fully saturated rings. The third-order valence-corrected chi connectivity index (χ3v) is 2.92. The minimum atomic E-state index is -0.354. The smallest absolute Gasteiger partial charge is 0.335 e. The van der Waals surface area contributed by atoms with Crippen molar-refractivity contribution in [2.75, 3.05) is 13.7 Å². The summed E-state index contributed by atoms with van der Waals surface area (Å²) in [6.45, 7) is 6.32. The number of nitrogens with zero attached hydrogens (tertiary/aromatic N) is 1. The van der Waals surface area contributed by atoms with Gasteiger partial charge in [-0.25, -0.2) is 4.79 Å². The van der Waals surface area contributed by atoms with E-state index in [4.69, 9.17) is 9.47 Å². The van der Waals surface area contributed by atoms with Gasteiger partial charge in [0, 0.05) is 17.2 Å². The summed E-state index contributed by atoms with van der Waals surface area (Å²) in [4.78, 5) is 11.6. The Balaban J connectivity index is 2.27. The lowest BCUT2D eigenvalue weighted by Crippen LogP contribution is -2.11. The van der Waals surface area contributed by atoms with Gasteiger partial charge in [-0.05, 0) is 25.1 Å². The predicted octanol–water partition coefficient (Wildman–Crippen LogP) is 2.77. The van der Waals surface area contributed by atoms with Crippen LogP contribution in [0.5, 0.6) is 5.75 Å². The molecule has 0 N–H and O–H groups in total. The van der Waals surface area contributed by atoms with E-state index in [2.05, 4.69) is 6.58 Å². The molecule has 1 aromatic heterocycles. The van der Waals surface area contributed by atoms with Gasteiger partial charge in [-0.2, -0.15) is 0 Å². The van der Waals surface area contributed by atoms with Crippen molar-refractivity contribution in [3.8, 4) is 5.75 Å². The summed E-state index contributed by atoms with van der Waals surface area (Å²) >= 11 is 0. The molecule has 0 aliphatic rings. The van der Waals surface area contributed by atoms with E-state index in [1.54, 1.807) is 14.0 Å². The summed E-state index contributed by atoms with van der Waals surface area (Å²) in [5, 5.41) is 1.02. The Morgan fingerprint density at radius 2 is 2.16 bits per heavy atom. The Morgan fingerprint density at radius 1 is 1.37 bits per heavy atom. The van der Waals surface area contributed by atoms with Crippen LogP contribution in [0.25, 0.3) is 10.9 Å². The zero-order valence-corrected chi connectivity index (χ0v) is 11.2. The van der Waals surface area contributed by atoms with E-state index in [1.807, 2.05) is 35.0 Å². The van der Waals surface area contributed by atoms with Gasteiger partial charge in [0.25, 0.3) is 0 Å². The van der Waals surface area contributed by atoms with E-state index >= 15 is 0 Å². The van der Waals surface area contributed by atoms with Crippen LogP contribution >= 0.6 is 0 Å². The van der Waals surface area contributed by atoms with Crippen molar-refractivity contribution in [1.29, 1.82) is 0 Å². The lowest BCUT2D eigenvalue weighted by atomic mass is 10.2. The van der Waals surface area contributed by atoms with E-state index in [1.165, 1.54) is 0 Å². The molecule has 19 heavy (non-hydrogen) atoms. The monoisotopic (exact) mass is 259 g/mol. The number of hydrogen-bond acceptors (Lipinski definition) is 3. The van der Waals surface area contributed by atoms with Gasteiger partial charge in [0.05, 0.1) is 25.8 Å². The third kappa shape index (κ3) is 2.62. The fourth-order valence-electron chi connectivity index (χ4n) is 2.01. The van der Waals surface area contributed by atoms with Crippen molar-refractivity contribution in [3.05, 3.63) is 42.6 Å². The van der Waals surface area contributed by atoms with Crippen molar-refractivity contribution < 1.29 is 14.3 Å². The number of rotatable bonds is 5. The molecule has 0 unspecified atom stereocenters. The fraction of sp³-hybridized carbons (Fsp3) is 0.267. The van der Waals surface area contributed by atoms with Crippen molar-refractivity contribution in [2.45, 2.75) is 13.5 Å². The normalized spacial score (nSPS) is 10.4. The van der Waals surface area contributed by atoms with Crippen LogP contribution in [0.4, 0.5) is 0 Å². The Hall–Kier alpha value is -2.23. The minimum Gasteiger partial charge on any atom is -0.496 e. The van der Waals surface area contributed by atoms with Crippen LogP contribution in [-0.2, 0) is 16.1 Å². The number of hydrogen-bond donors (Lipinski definition) is 0. The van der Waals surface area contributed by atoms with Crippen molar-refractivity contribution in [2.24, 2.45) is 0 Å². The van der Waals surface area contributed by atoms with E-state index in [-0.39, 0.29) is 5.97 Å². The van der Waals surface area contributed by atoms with E-state index < -0.39 is 0 Å². The average molecular weight is 259 g/mol. The van der Waals surface area contributed by atoms with Gasteiger partial charge in [0.1, 0.15) is 5.75 Å². The molecule has 0 spiro atoms. The molecule has 0 aliphatic carbocycles. The zero-order chi connectivity index (χ0) is 13.8. The summed E-state index contributed by atoms with van der Waals surface area (Å²) in [6.07, 6.45) is 1.91. The third-order valence-electron chi connectivity index (χ3n) is 2.92. The van der Waals surface area contributed by atoms with Gasteiger partial charge < -0.3 is 14.0 Å². The summed E-state index contributed by atoms with van der Waals surface area (Å²) in [5.74, 6) is 0.463. The number of benzene rings is 1. The van der Waals surface area contributed by atoms with Crippen molar-refractivity contribution in [1.82, 2.24) is 4.57 Å². The first kappa shape index (κ1) is 13.2. The average Bonchev–Trinajstić information content (AvgIpc) is 2.82. The van der Waals surface area contributed by atoms with Crippen LogP contribution in [0.15, 0.2) is 42.6 Å². The van der Waals surface area contributed by atoms with Crippen LogP contribution < -0.4 is 4.74 Å². The second-order valence-corrected chi connectivity index (χ2v) is 4.16. The van der Waals surface area contributed by atoms with Gasteiger partial charge in [0.2, 0.25) is 0 Å². The largest absolute Gasteiger partial charge is 0.496 e. The topological polar surface area (TPSA) is 40.5 Å². The summed E-state index contributed by atoms with van der Waals surface area (Å²) < 4.78 is 12.2. The fourth-order valence-corrected chi connectivity index (χ4v) is 2.01. The molecule has 2 aromatic rings. The van der Waals surface area contributed by atoms with Gasteiger partial charge in [-0.15, -0.1) is 0 Å². The molecule has 1 aromatic carbocycles. The molecule has 0 atom stereocenters. The Kier molecular flexibility index (Phi) is 3.90. The standard InChI is InChI=1S/C15H17NO3/c1-4-19-15(17)11(2)10-16-9-8-12-13(16)6-5-7-14(12)18-3/h5-9H,2,4,10H2,1,3H3. The lowest BCUT2D eigenvalue weighted by molar-refractivity contribution is -0.138. The predicted molar refractivity (Wildman–Crippen MR) is 74.3 cm³/mol. The van der Waals surface area contributed by atoms with Gasteiger partial charge in [-0.3, -0.25) is 0 Å². The summed E-state index contributed by atoms with van der Waals surface area (Å²) in [5.41, 5.74) is 1.44. The van der Waals surface area contributed by atoms with Gasteiger partial charge >= 0.3 is 5.97 Å². The number of fused-ring (bicyclic) bond motifs is 1. The number of esters is 1. The van der Waals surface area contributed by atoms with Crippen LogP contribution in [0, 0.1) is 0 Å². The number of ether oxygens (including phenoxy) is 2. The highest BCUT2D eigenvalue weighted by Crippen LogP contribution is 2.26.